The van der Waals surface area contributed by atoms with E-state index in [1.54, 1.807) is 13.0 Å². The van der Waals surface area contributed by atoms with Gasteiger partial charge >= 0.3 is 5.97 Å². The van der Waals surface area contributed by atoms with Gasteiger partial charge in [-0.3, -0.25) is 10.1 Å². The molecule has 0 aliphatic rings. The van der Waals surface area contributed by atoms with Crippen molar-refractivity contribution in [2.75, 3.05) is 6.61 Å². The molecule has 0 unspecified atom stereocenters. The third-order valence-corrected chi connectivity index (χ3v) is 1.65. The lowest BCUT2D eigenvalue weighted by molar-refractivity contribution is -0.384. The molecular formula is C10H10N2O4. The summed E-state index contributed by atoms with van der Waals surface area (Å²) in [6.45, 7) is 1.94. The van der Waals surface area contributed by atoms with E-state index >= 15 is 0 Å². The van der Waals surface area contributed by atoms with Gasteiger partial charge in [0.15, 0.2) is 0 Å². The molecule has 0 aromatic heterocycles. The van der Waals surface area contributed by atoms with Crippen molar-refractivity contribution in [1.82, 2.24) is 0 Å². The van der Waals surface area contributed by atoms with Crippen molar-refractivity contribution in [1.29, 1.82) is 0 Å². The Morgan fingerprint density at radius 1 is 1.62 bits per heavy atom. The van der Waals surface area contributed by atoms with Crippen LogP contribution < -0.4 is 0 Å². The number of non-ortho nitro benzene ring substituents is 1. The third kappa shape index (κ3) is 3.49. The van der Waals surface area contributed by atoms with Gasteiger partial charge in [0, 0.05) is 12.1 Å². The van der Waals surface area contributed by atoms with E-state index in [2.05, 4.69) is 9.73 Å². The van der Waals surface area contributed by atoms with Crippen LogP contribution in [0.2, 0.25) is 0 Å². The first-order valence-corrected chi connectivity index (χ1v) is 4.58. The highest BCUT2D eigenvalue weighted by molar-refractivity contribution is 6.23. The van der Waals surface area contributed by atoms with E-state index in [1.165, 1.54) is 18.2 Å². The van der Waals surface area contributed by atoms with Crippen LogP contribution in [0.25, 0.3) is 0 Å². The molecule has 84 valence electrons. The van der Waals surface area contributed by atoms with E-state index < -0.39 is 10.9 Å². The fraction of sp³-hybridized carbons (Fsp3) is 0.200. The minimum Gasteiger partial charge on any atom is -0.462 e. The molecule has 0 amide bonds. The van der Waals surface area contributed by atoms with Crippen molar-refractivity contribution in [2.45, 2.75) is 6.92 Å². The molecule has 0 atom stereocenters. The fourth-order valence-corrected chi connectivity index (χ4v) is 0.994. The molecule has 0 fully saturated rings. The van der Waals surface area contributed by atoms with Crippen molar-refractivity contribution in [3.8, 4) is 0 Å². The standard InChI is InChI=1S/C10H10N2O4/c1-2-16-10(13)7-11-8-4-3-5-9(6-8)12(14)15/h3-7H,2H2,1H3. The number of nitrogens with zero attached hydrogens (tertiary/aromatic N) is 2. The summed E-state index contributed by atoms with van der Waals surface area (Å²) in [6, 6.07) is 5.68. The average Bonchev–Trinajstić information content (AvgIpc) is 2.27. The second-order valence-corrected chi connectivity index (χ2v) is 2.79. The van der Waals surface area contributed by atoms with Crippen molar-refractivity contribution in [3.05, 3.63) is 34.4 Å². The molecule has 0 aliphatic heterocycles. The van der Waals surface area contributed by atoms with Gasteiger partial charge in [-0.1, -0.05) is 6.07 Å². The van der Waals surface area contributed by atoms with E-state index in [-0.39, 0.29) is 12.3 Å². The zero-order valence-corrected chi connectivity index (χ0v) is 8.62. The smallest absolute Gasteiger partial charge is 0.349 e. The van der Waals surface area contributed by atoms with Gasteiger partial charge in [-0.2, -0.15) is 0 Å². The van der Waals surface area contributed by atoms with Gasteiger partial charge < -0.3 is 4.74 Å². The summed E-state index contributed by atoms with van der Waals surface area (Å²) < 4.78 is 4.62. The number of aliphatic imine (C=N–C) groups is 1. The molecule has 6 nitrogen and oxygen atoms in total. The van der Waals surface area contributed by atoms with Crippen LogP contribution in [-0.4, -0.2) is 23.7 Å². The van der Waals surface area contributed by atoms with Crippen LogP contribution in [-0.2, 0) is 9.53 Å². The van der Waals surface area contributed by atoms with E-state index in [0.717, 1.165) is 6.21 Å². The molecule has 0 aliphatic carbocycles. The number of nitro benzene ring substituents is 1. The number of carbonyl (C=O) groups excluding carboxylic acids is 1. The monoisotopic (exact) mass is 222 g/mol. The predicted octanol–water partition coefficient (Wildman–Crippen LogP) is 1.86. The molecule has 0 bridgehead atoms. The van der Waals surface area contributed by atoms with Crippen molar-refractivity contribution >= 4 is 23.6 Å². The highest BCUT2D eigenvalue weighted by Crippen LogP contribution is 2.18. The summed E-state index contributed by atoms with van der Waals surface area (Å²) in [5.74, 6) is -0.575. The molecule has 0 heterocycles. The number of ether oxygens (including phenoxy) is 1. The van der Waals surface area contributed by atoms with Gasteiger partial charge in [-0.15, -0.1) is 0 Å². The molecule has 0 radical (unpaired) electrons. The third-order valence-electron chi connectivity index (χ3n) is 1.65. The Kier molecular flexibility index (Phi) is 4.14. The topological polar surface area (TPSA) is 81.8 Å². The summed E-state index contributed by atoms with van der Waals surface area (Å²) >= 11 is 0. The summed E-state index contributed by atoms with van der Waals surface area (Å²) in [4.78, 5) is 24.6. The molecule has 0 saturated carbocycles. The Bertz CT molecular complexity index is 429. The first-order valence-electron chi connectivity index (χ1n) is 4.58. The number of esters is 1. The van der Waals surface area contributed by atoms with Crippen LogP contribution in [0.5, 0.6) is 0 Å². The number of benzene rings is 1. The SMILES string of the molecule is CCOC(=O)C=Nc1cccc([N+](=O)[O-])c1. The van der Waals surface area contributed by atoms with Crippen LogP contribution in [0, 0.1) is 10.1 Å². The highest BCUT2D eigenvalue weighted by atomic mass is 16.6. The Morgan fingerprint density at radius 3 is 3.00 bits per heavy atom. The number of carbonyl (C=O) groups is 1. The van der Waals surface area contributed by atoms with Gasteiger partial charge in [0.05, 0.1) is 17.2 Å². The van der Waals surface area contributed by atoms with Gasteiger partial charge in [-0.05, 0) is 13.0 Å². The lowest BCUT2D eigenvalue weighted by atomic mass is 10.3. The Morgan fingerprint density at radius 2 is 2.38 bits per heavy atom. The molecule has 0 spiro atoms. The number of hydrogen-bond donors (Lipinski definition) is 0. The van der Waals surface area contributed by atoms with Crippen molar-refractivity contribution in [3.63, 3.8) is 0 Å². The maximum atomic E-state index is 10.9. The number of rotatable bonds is 4. The highest BCUT2D eigenvalue weighted by Gasteiger charge is 2.04. The van der Waals surface area contributed by atoms with Crippen LogP contribution in [0.1, 0.15) is 6.92 Å². The van der Waals surface area contributed by atoms with Gasteiger partial charge in [0.25, 0.3) is 5.69 Å². The maximum absolute atomic E-state index is 10.9. The van der Waals surface area contributed by atoms with E-state index in [9.17, 15) is 14.9 Å². The second-order valence-electron chi connectivity index (χ2n) is 2.79. The minimum absolute atomic E-state index is 0.0708. The minimum atomic E-state index is -0.575. The summed E-state index contributed by atoms with van der Waals surface area (Å²) in [7, 11) is 0. The first-order chi connectivity index (χ1) is 7.63. The number of nitro groups is 1. The maximum Gasteiger partial charge on any atom is 0.349 e. The Hall–Kier alpha value is -2.24. The summed E-state index contributed by atoms with van der Waals surface area (Å²) in [5, 5.41) is 10.5. The van der Waals surface area contributed by atoms with E-state index in [0.29, 0.717) is 5.69 Å². The van der Waals surface area contributed by atoms with Gasteiger partial charge in [0.1, 0.15) is 6.21 Å². The molecule has 1 aromatic carbocycles. The van der Waals surface area contributed by atoms with E-state index in [1.807, 2.05) is 0 Å². The molecule has 16 heavy (non-hydrogen) atoms. The summed E-state index contributed by atoms with van der Waals surface area (Å²) in [6.07, 6.45) is 0.989. The van der Waals surface area contributed by atoms with Crippen molar-refractivity contribution < 1.29 is 14.5 Å². The van der Waals surface area contributed by atoms with Gasteiger partial charge in [-0.25, -0.2) is 9.79 Å². The fourth-order valence-electron chi connectivity index (χ4n) is 0.994. The summed E-state index contributed by atoms with van der Waals surface area (Å²) in [5.41, 5.74) is 0.265. The Labute approximate surface area is 91.7 Å². The predicted molar refractivity (Wildman–Crippen MR) is 57.9 cm³/mol. The Balaban J connectivity index is 2.77. The molecule has 6 heteroatoms. The van der Waals surface area contributed by atoms with Crippen LogP contribution in [0.15, 0.2) is 29.3 Å². The zero-order chi connectivity index (χ0) is 12.0. The average molecular weight is 222 g/mol. The zero-order valence-electron chi connectivity index (χ0n) is 8.62. The molecule has 0 N–H and O–H groups in total. The molecule has 1 aromatic rings. The van der Waals surface area contributed by atoms with E-state index in [4.69, 9.17) is 0 Å². The molecule has 0 saturated heterocycles. The van der Waals surface area contributed by atoms with Crippen LogP contribution in [0.4, 0.5) is 11.4 Å². The van der Waals surface area contributed by atoms with Crippen LogP contribution >= 0.6 is 0 Å². The number of hydrogen-bond acceptors (Lipinski definition) is 5. The quantitative estimate of drug-likeness (QED) is 0.337. The molecule has 1 rings (SSSR count). The largest absolute Gasteiger partial charge is 0.462 e. The lowest BCUT2D eigenvalue weighted by Gasteiger charge is -1.95. The second kappa shape index (κ2) is 5.59. The van der Waals surface area contributed by atoms with Gasteiger partial charge in [0.2, 0.25) is 0 Å². The first kappa shape index (κ1) is 11.8. The lowest BCUT2D eigenvalue weighted by Crippen LogP contribution is -2.04. The van der Waals surface area contributed by atoms with Crippen molar-refractivity contribution in [2.24, 2.45) is 4.99 Å². The molecular weight excluding hydrogens is 212 g/mol. The van der Waals surface area contributed by atoms with Crippen LogP contribution in [0.3, 0.4) is 0 Å². The normalized spacial score (nSPS) is 10.3.